The normalized spacial score (nSPS) is 32.2. The topological polar surface area (TPSA) is 84.9 Å². The van der Waals surface area contributed by atoms with Crippen LogP contribution in [0, 0.1) is 17.8 Å². The van der Waals surface area contributed by atoms with Gasteiger partial charge in [-0.25, -0.2) is 13.1 Å². The number of rotatable bonds is 1. The van der Waals surface area contributed by atoms with Crippen molar-refractivity contribution in [2.24, 2.45) is 17.8 Å². The molecule has 0 saturated heterocycles. The first kappa shape index (κ1) is 27.6. The minimum absolute atomic E-state index is 0.0524. The number of benzene rings is 2. The summed E-state index contributed by atoms with van der Waals surface area (Å²) < 4.78 is 41.4. The molecule has 1 N–H and O–H groups in total. The number of anilines is 1. The van der Waals surface area contributed by atoms with Crippen molar-refractivity contribution in [3.05, 3.63) is 64.7 Å². The molecule has 0 aromatic heterocycles. The van der Waals surface area contributed by atoms with Crippen molar-refractivity contribution in [2.75, 3.05) is 31.7 Å². The number of methoxy groups -OCH3 is 1. The maximum Gasteiger partial charge on any atom is 0.264 e. The van der Waals surface area contributed by atoms with Crippen molar-refractivity contribution in [2.45, 2.75) is 61.9 Å². The molecule has 2 bridgehead atoms. The number of carbonyl (C=O) groups excluding carboxylic acids is 1. The third-order valence-electron chi connectivity index (χ3n) is 9.44. The third kappa shape index (κ3) is 5.03. The van der Waals surface area contributed by atoms with E-state index in [0.717, 1.165) is 49.4 Å². The lowest BCUT2D eigenvalue weighted by Crippen LogP contribution is -2.49. The fourth-order valence-corrected chi connectivity index (χ4v) is 8.30. The molecule has 214 valence electrons. The molecule has 4 aliphatic rings. The van der Waals surface area contributed by atoms with Crippen molar-refractivity contribution < 1.29 is 22.7 Å². The van der Waals surface area contributed by atoms with E-state index in [1.165, 1.54) is 17.2 Å². The highest BCUT2D eigenvalue weighted by atomic mass is 35.5. The van der Waals surface area contributed by atoms with Gasteiger partial charge in [-0.15, -0.1) is 0 Å². The SMILES string of the molecule is CO[C@H]1/C=C/CC(C)C(=O)NS(=O)(=O)c2ccc3c(c2)N(C[C@@H]2CC[C@H]21)C[C@@]1(CCCc2cc(Cl)ccc21)CO3. The van der Waals surface area contributed by atoms with Crippen molar-refractivity contribution in [1.29, 1.82) is 0 Å². The van der Waals surface area contributed by atoms with Gasteiger partial charge in [0, 0.05) is 36.6 Å². The van der Waals surface area contributed by atoms with E-state index in [4.69, 9.17) is 21.1 Å². The molecular formula is C31H37ClN2O5S. The number of nitrogens with one attached hydrogen (secondary N) is 1. The maximum absolute atomic E-state index is 13.3. The number of halogens is 1. The van der Waals surface area contributed by atoms with Crippen LogP contribution in [0.4, 0.5) is 5.69 Å². The molecule has 2 aliphatic carbocycles. The Balaban J connectivity index is 1.45. The van der Waals surface area contributed by atoms with E-state index in [1.54, 1.807) is 26.2 Å². The van der Waals surface area contributed by atoms with Crippen molar-refractivity contribution in [3.63, 3.8) is 0 Å². The zero-order chi connectivity index (χ0) is 28.1. The molecule has 2 aromatic carbocycles. The van der Waals surface area contributed by atoms with E-state index >= 15 is 0 Å². The van der Waals surface area contributed by atoms with E-state index in [1.807, 2.05) is 12.1 Å². The van der Waals surface area contributed by atoms with E-state index in [0.29, 0.717) is 37.2 Å². The lowest BCUT2D eigenvalue weighted by Gasteiger charge is -2.46. The second kappa shape index (κ2) is 10.7. The number of hydrogen-bond acceptors (Lipinski definition) is 6. The predicted octanol–water partition coefficient (Wildman–Crippen LogP) is 5.26. The van der Waals surface area contributed by atoms with Gasteiger partial charge in [0.25, 0.3) is 10.0 Å². The average molecular weight is 585 g/mol. The van der Waals surface area contributed by atoms with E-state index in [9.17, 15) is 13.2 Å². The monoisotopic (exact) mass is 584 g/mol. The van der Waals surface area contributed by atoms with Gasteiger partial charge < -0.3 is 14.4 Å². The molecule has 1 unspecified atom stereocenters. The van der Waals surface area contributed by atoms with Gasteiger partial charge in [0.1, 0.15) is 5.75 Å². The van der Waals surface area contributed by atoms with Crippen LogP contribution in [0.3, 0.4) is 0 Å². The molecule has 40 heavy (non-hydrogen) atoms. The van der Waals surface area contributed by atoms with Crippen LogP contribution < -0.4 is 14.4 Å². The smallest absolute Gasteiger partial charge is 0.264 e. The first-order chi connectivity index (χ1) is 19.2. The zero-order valence-electron chi connectivity index (χ0n) is 23.1. The highest BCUT2D eigenvalue weighted by Crippen LogP contribution is 2.47. The van der Waals surface area contributed by atoms with Gasteiger partial charge >= 0.3 is 0 Å². The van der Waals surface area contributed by atoms with Crippen molar-refractivity contribution in [1.82, 2.24) is 4.72 Å². The Morgan fingerprint density at radius 2 is 2.02 bits per heavy atom. The molecule has 2 heterocycles. The Labute approximate surface area is 241 Å². The lowest BCUT2D eigenvalue weighted by atomic mass is 9.68. The van der Waals surface area contributed by atoms with Crippen LogP contribution in [0.1, 0.15) is 50.2 Å². The highest BCUT2D eigenvalue weighted by Gasteiger charge is 2.44. The molecule has 5 atom stereocenters. The Kier molecular flexibility index (Phi) is 7.38. The van der Waals surface area contributed by atoms with Crippen LogP contribution in [0.2, 0.25) is 5.02 Å². The first-order valence-electron chi connectivity index (χ1n) is 14.3. The minimum atomic E-state index is -4.06. The molecule has 6 rings (SSSR count). The molecule has 7 nitrogen and oxygen atoms in total. The second-order valence-corrected chi connectivity index (χ2v) is 14.1. The Morgan fingerprint density at radius 3 is 2.80 bits per heavy atom. The minimum Gasteiger partial charge on any atom is -0.490 e. The van der Waals surface area contributed by atoms with Crippen molar-refractivity contribution in [3.8, 4) is 5.75 Å². The summed E-state index contributed by atoms with van der Waals surface area (Å²) in [6, 6.07) is 11.1. The Hall–Kier alpha value is -2.55. The molecule has 1 amide bonds. The van der Waals surface area contributed by atoms with E-state index in [-0.39, 0.29) is 16.4 Å². The second-order valence-electron chi connectivity index (χ2n) is 12.0. The number of fused-ring (bicyclic) bond motifs is 4. The number of carbonyl (C=O) groups is 1. The standard InChI is InChI=1S/C31H37ClN2O5S/c1-20-5-3-7-28(38-2)25-11-8-22(25)17-34-18-31(14-4-6-21-15-23(32)9-12-26(21)31)19-39-29-13-10-24(16-27(29)34)40(36,37)33-30(20)35/h3,7,9-10,12-13,15-16,20,22,25,28H,4-6,8,11,14,17-19H2,1-2H3,(H,33,35)/b7-3+/t20?,22-,25+,28-,31-/m0/s1. The van der Waals surface area contributed by atoms with Gasteiger partial charge in [0.2, 0.25) is 5.91 Å². The third-order valence-corrected chi connectivity index (χ3v) is 11.0. The van der Waals surface area contributed by atoms with Gasteiger partial charge in [0.15, 0.2) is 0 Å². The van der Waals surface area contributed by atoms with Crippen LogP contribution in [0.25, 0.3) is 0 Å². The molecule has 2 aromatic rings. The number of hydrogen-bond donors (Lipinski definition) is 1. The number of allylic oxidation sites excluding steroid dienone is 1. The summed E-state index contributed by atoms with van der Waals surface area (Å²) in [5, 5.41) is 0.741. The maximum atomic E-state index is 13.3. The highest BCUT2D eigenvalue weighted by molar-refractivity contribution is 7.90. The number of sulfonamides is 1. The largest absolute Gasteiger partial charge is 0.490 e. The van der Waals surface area contributed by atoms with E-state index in [2.05, 4.69) is 27.8 Å². The summed E-state index contributed by atoms with van der Waals surface area (Å²) in [5.41, 5.74) is 3.04. The van der Waals surface area contributed by atoms with Gasteiger partial charge in [-0.05, 0) is 91.8 Å². The number of amides is 1. The number of ether oxygens (including phenoxy) is 2. The van der Waals surface area contributed by atoms with Gasteiger partial charge in [-0.3, -0.25) is 4.79 Å². The summed E-state index contributed by atoms with van der Waals surface area (Å²) in [7, 11) is -2.32. The van der Waals surface area contributed by atoms with Crippen molar-refractivity contribution >= 4 is 33.2 Å². The van der Waals surface area contributed by atoms with Crippen LogP contribution in [-0.4, -0.2) is 47.2 Å². The first-order valence-corrected chi connectivity index (χ1v) is 16.1. The molecule has 1 spiro atoms. The van der Waals surface area contributed by atoms with Crippen LogP contribution in [0.5, 0.6) is 5.75 Å². The summed E-state index contributed by atoms with van der Waals surface area (Å²) in [5.74, 6) is 0.387. The average Bonchev–Trinajstić information content (AvgIpc) is 3.06. The summed E-state index contributed by atoms with van der Waals surface area (Å²) in [6.45, 7) is 3.72. The zero-order valence-corrected chi connectivity index (χ0v) is 24.6. The van der Waals surface area contributed by atoms with E-state index < -0.39 is 21.8 Å². The Morgan fingerprint density at radius 1 is 1.18 bits per heavy atom. The molecular weight excluding hydrogens is 548 g/mol. The van der Waals surface area contributed by atoms with Gasteiger partial charge in [0.05, 0.1) is 23.3 Å². The molecule has 2 aliphatic heterocycles. The lowest BCUT2D eigenvalue weighted by molar-refractivity contribution is -0.122. The fraction of sp³-hybridized carbons (Fsp3) is 0.516. The summed E-state index contributed by atoms with van der Waals surface area (Å²) >= 11 is 6.38. The molecule has 0 radical (unpaired) electrons. The number of nitrogens with zero attached hydrogens (tertiary/aromatic N) is 1. The van der Waals surface area contributed by atoms with Crippen LogP contribution in [-0.2, 0) is 31.4 Å². The summed E-state index contributed by atoms with van der Waals surface area (Å²) in [4.78, 5) is 15.2. The van der Waals surface area contributed by atoms with Gasteiger partial charge in [-0.1, -0.05) is 36.7 Å². The quantitative estimate of drug-likeness (QED) is 0.461. The Bertz CT molecular complexity index is 1440. The van der Waals surface area contributed by atoms with Gasteiger partial charge in [-0.2, -0.15) is 0 Å². The number of aryl methyl sites for hydroxylation is 1. The fourth-order valence-electron chi connectivity index (χ4n) is 7.01. The summed E-state index contributed by atoms with van der Waals surface area (Å²) in [6.07, 6.45) is 9.54. The molecule has 1 saturated carbocycles. The predicted molar refractivity (Wildman–Crippen MR) is 155 cm³/mol. The van der Waals surface area contributed by atoms with Crippen LogP contribution in [0.15, 0.2) is 53.4 Å². The molecule has 9 heteroatoms. The van der Waals surface area contributed by atoms with Crippen LogP contribution >= 0.6 is 11.6 Å². The molecule has 1 fully saturated rings.